The highest BCUT2D eigenvalue weighted by Crippen LogP contribution is 2.25. The Morgan fingerprint density at radius 3 is 2.67 bits per heavy atom. The predicted molar refractivity (Wildman–Crippen MR) is 90.2 cm³/mol. The molecule has 0 bridgehead atoms. The van der Waals surface area contributed by atoms with Crippen molar-refractivity contribution in [3.05, 3.63) is 53.6 Å². The highest BCUT2D eigenvalue weighted by Gasteiger charge is 2.13. The summed E-state index contributed by atoms with van der Waals surface area (Å²) in [5.41, 5.74) is 9.68. The minimum atomic E-state index is -0.763. The number of phenols is 2. The number of nitrogens with zero attached hydrogens (tertiary/aromatic N) is 1. The van der Waals surface area contributed by atoms with Crippen LogP contribution in [-0.4, -0.2) is 35.5 Å². The molecule has 5 N–H and O–H groups in total. The molecule has 0 saturated heterocycles. The first kappa shape index (κ1) is 17.3. The van der Waals surface area contributed by atoms with Crippen LogP contribution in [0.1, 0.15) is 11.1 Å². The summed E-state index contributed by atoms with van der Waals surface area (Å²) in [6.07, 6.45) is 1.75. The van der Waals surface area contributed by atoms with Crippen LogP contribution >= 0.6 is 0 Å². The van der Waals surface area contributed by atoms with Crippen LogP contribution in [0.15, 0.2) is 47.6 Å². The standard InChI is InChI=1S/C17H19N3O4/c1-24-16-9-12(4-7-15(16)22)10-19-20-17(23)14(18)8-11-2-5-13(21)6-3-11/h2-7,9-10,14,21-22H,8,18H2,1H3,(H,20,23)/b19-10-/t14-/m0/s1. The third-order valence-corrected chi connectivity index (χ3v) is 3.32. The Balaban J connectivity index is 1.90. The number of hydrogen-bond acceptors (Lipinski definition) is 6. The van der Waals surface area contributed by atoms with Crippen LogP contribution in [0.2, 0.25) is 0 Å². The molecule has 0 unspecified atom stereocenters. The zero-order valence-electron chi connectivity index (χ0n) is 13.1. The summed E-state index contributed by atoms with van der Waals surface area (Å²) in [5.74, 6) is 0.0691. The zero-order chi connectivity index (χ0) is 17.5. The minimum absolute atomic E-state index is 0.0228. The monoisotopic (exact) mass is 329 g/mol. The Morgan fingerprint density at radius 2 is 2.00 bits per heavy atom. The average molecular weight is 329 g/mol. The van der Waals surface area contributed by atoms with Crippen molar-refractivity contribution >= 4 is 12.1 Å². The molecule has 1 amide bonds. The smallest absolute Gasteiger partial charge is 0.257 e. The number of hydrazone groups is 1. The van der Waals surface area contributed by atoms with Crippen molar-refractivity contribution in [1.82, 2.24) is 5.43 Å². The lowest BCUT2D eigenvalue weighted by Crippen LogP contribution is -2.39. The van der Waals surface area contributed by atoms with E-state index in [4.69, 9.17) is 10.5 Å². The summed E-state index contributed by atoms with van der Waals surface area (Å²) in [4.78, 5) is 11.9. The van der Waals surface area contributed by atoms with Gasteiger partial charge in [-0.05, 0) is 47.9 Å². The molecule has 2 aromatic carbocycles. The SMILES string of the molecule is COc1cc(/C=N\NC(=O)[C@@H](N)Cc2ccc(O)cc2)ccc1O. The first-order valence-corrected chi connectivity index (χ1v) is 7.23. The lowest BCUT2D eigenvalue weighted by Gasteiger charge is -2.09. The molecule has 0 aliphatic heterocycles. The molecule has 0 spiro atoms. The number of carbonyl (C=O) groups is 1. The van der Waals surface area contributed by atoms with E-state index in [0.29, 0.717) is 17.7 Å². The lowest BCUT2D eigenvalue weighted by atomic mass is 10.1. The van der Waals surface area contributed by atoms with E-state index in [1.165, 1.54) is 31.5 Å². The Kier molecular flexibility index (Phi) is 5.75. The van der Waals surface area contributed by atoms with Gasteiger partial charge in [0.1, 0.15) is 5.75 Å². The second kappa shape index (κ2) is 7.98. The molecular weight excluding hydrogens is 310 g/mol. The zero-order valence-corrected chi connectivity index (χ0v) is 13.1. The van der Waals surface area contributed by atoms with Crippen LogP contribution < -0.4 is 15.9 Å². The van der Waals surface area contributed by atoms with Crippen LogP contribution in [0.3, 0.4) is 0 Å². The van der Waals surface area contributed by atoms with Gasteiger partial charge in [0.05, 0.1) is 19.4 Å². The molecule has 126 valence electrons. The Labute approximate surface area is 139 Å². The average Bonchev–Trinajstić information content (AvgIpc) is 2.58. The minimum Gasteiger partial charge on any atom is -0.508 e. The van der Waals surface area contributed by atoms with Crippen molar-refractivity contribution in [2.45, 2.75) is 12.5 Å². The van der Waals surface area contributed by atoms with Crippen molar-refractivity contribution in [2.24, 2.45) is 10.8 Å². The van der Waals surface area contributed by atoms with Crippen LogP contribution in [-0.2, 0) is 11.2 Å². The van der Waals surface area contributed by atoms with Gasteiger partial charge in [-0.25, -0.2) is 5.43 Å². The van der Waals surface area contributed by atoms with Crippen LogP contribution in [0, 0.1) is 0 Å². The van der Waals surface area contributed by atoms with Crippen LogP contribution in [0.4, 0.5) is 0 Å². The van der Waals surface area contributed by atoms with Gasteiger partial charge >= 0.3 is 0 Å². The third-order valence-electron chi connectivity index (χ3n) is 3.32. The second-order valence-corrected chi connectivity index (χ2v) is 5.14. The molecule has 0 aromatic heterocycles. The van der Waals surface area contributed by atoms with Crippen molar-refractivity contribution in [3.63, 3.8) is 0 Å². The van der Waals surface area contributed by atoms with Crippen molar-refractivity contribution < 1.29 is 19.7 Å². The summed E-state index contributed by atoms with van der Waals surface area (Å²) in [6.45, 7) is 0. The molecule has 7 nitrogen and oxygen atoms in total. The summed E-state index contributed by atoms with van der Waals surface area (Å²) in [5, 5.41) is 22.6. The van der Waals surface area contributed by atoms with Gasteiger partial charge in [-0.1, -0.05) is 12.1 Å². The maximum absolute atomic E-state index is 11.9. The van der Waals surface area contributed by atoms with Crippen LogP contribution in [0.25, 0.3) is 0 Å². The number of benzene rings is 2. The molecule has 0 aliphatic carbocycles. The fraction of sp³-hybridized carbons (Fsp3) is 0.176. The number of ether oxygens (including phenoxy) is 1. The first-order valence-electron chi connectivity index (χ1n) is 7.23. The van der Waals surface area contributed by atoms with E-state index in [9.17, 15) is 15.0 Å². The molecule has 0 saturated carbocycles. The van der Waals surface area contributed by atoms with E-state index in [0.717, 1.165) is 5.56 Å². The van der Waals surface area contributed by atoms with E-state index >= 15 is 0 Å². The largest absolute Gasteiger partial charge is 0.508 e. The number of hydrogen-bond donors (Lipinski definition) is 4. The lowest BCUT2D eigenvalue weighted by molar-refractivity contribution is -0.122. The van der Waals surface area contributed by atoms with Gasteiger partial charge in [-0.3, -0.25) is 4.79 Å². The van der Waals surface area contributed by atoms with Gasteiger partial charge in [-0.2, -0.15) is 5.10 Å². The van der Waals surface area contributed by atoms with Gasteiger partial charge in [0.25, 0.3) is 5.91 Å². The molecule has 0 fully saturated rings. The van der Waals surface area contributed by atoms with Gasteiger partial charge in [0.15, 0.2) is 11.5 Å². The number of rotatable bonds is 6. The van der Waals surface area contributed by atoms with E-state index in [1.807, 2.05) is 0 Å². The molecule has 2 aromatic rings. The molecule has 1 atom stereocenters. The summed E-state index contributed by atoms with van der Waals surface area (Å²) < 4.78 is 4.99. The molecule has 0 radical (unpaired) electrons. The number of aromatic hydroxyl groups is 2. The van der Waals surface area contributed by atoms with E-state index < -0.39 is 11.9 Å². The fourth-order valence-corrected chi connectivity index (χ4v) is 2.01. The number of carbonyl (C=O) groups excluding carboxylic acids is 1. The van der Waals surface area contributed by atoms with Crippen molar-refractivity contribution in [3.8, 4) is 17.2 Å². The van der Waals surface area contributed by atoms with Gasteiger partial charge < -0.3 is 20.7 Å². The summed E-state index contributed by atoms with van der Waals surface area (Å²) in [7, 11) is 1.44. The topological polar surface area (TPSA) is 117 Å². The van der Waals surface area contributed by atoms with Crippen molar-refractivity contribution in [1.29, 1.82) is 0 Å². The number of methoxy groups -OCH3 is 1. The van der Waals surface area contributed by atoms with Gasteiger partial charge in [-0.15, -0.1) is 0 Å². The van der Waals surface area contributed by atoms with Gasteiger partial charge in [0.2, 0.25) is 0 Å². The fourth-order valence-electron chi connectivity index (χ4n) is 2.01. The van der Waals surface area contributed by atoms with E-state index in [-0.39, 0.29) is 11.5 Å². The van der Waals surface area contributed by atoms with E-state index in [2.05, 4.69) is 10.5 Å². The number of amides is 1. The summed E-state index contributed by atoms with van der Waals surface area (Å²) in [6, 6.07) is 10.4. The summed E-state index contributed by atoms with van der Waals surface area (Å²) >= 11 is 0. The number of nitrogens with one attached hydrogen (secondary N) is 1. The maximum Gasteiger partial charge on any atom is 0.257 e. The van der Waals surface area contributed by atoms with Crippen molar-refractivity contribution in [2.75, 3.05) is 7.11 Å². The molecule has 0 aliphatic rings. The first-order chi connectivity index (χ1) is 11.5. The second-order valence-electron chi connectivity index (χ2n) is 5.14. The van der Waals surface area contributed by atoms with Crippen LogP contribution in [0.5, 0.6) is 17.2 Å². The highest BCUT2D eigenvalue weighted by molar-refractivity contribution is 5.85. The Hall–Kier alpha value is -3.06. The van der Waals surface area contributed by atoms with Gasteiger partial charge in [0, 0.05) is 0 Å². The normalized spacial score (nSPS) is 12.1. The number of phenolic OH excluding ortho intramolecular Hbond substituents is 2. The molecule has 0 heterocycles. The molecule has 7 heteroatoms. The third kappa shape index (κ3) is 4.72. The molecule has 24 heavy (non-hydrogen) atoms. The number of nitrogens with two attached hydrogens (primary N) is 1. The predicted octanol–water partition coefficient (Wildman–Crippen LogP) is 1.13. The quantitative estimate of drug-likeness (QED) is 0.468. The highest BCUT2D eigenvalue weighted by atomic mass is 16.5. The molecule has 2 rings (SSSR count). The molecular formula is C17H19N3O4. The Morgan fingerprint density at radius 1 is 1.29 bits per heavy atom. The Bertz CT molecular complexity index is 729. The van der Waals surface area contributed by atoms with E-state index in [1.54, 1.807) is 24.3 Å². The maximum atomic E-state index is 11.9.